The van der Waals surface area contributed by atoms with Crippen LogP contribution in [0.15, 0.2) is 0 Å². The largest absolute Gasteiger partial charge is 0.479 e. The van der Waals surface area contributed by atoms with Crippen LogP contribution < -0.4 is 5.32 Å². The van der Waals surface area contributed by atoms with Crippen LogP contribution in [0.4, 0.5) is 0 Å². The average Bonchev–Trinajstić information content (AvgIpc) is 2.15. The normalized spacial score (nSPS) is 14.5. The molecule has 1 amide bonds. The van der Waals surface area contributed by atoms with Crippen molar-refractivity contribution in [1.82, 2.24) is 5.32 Å². The molecule has 0 aliphatic heterocycles. The first-order valence-corrected chi connectivity index (χ1v) is 4.67. The zero-order valence-corrected chi connectivity index (χ0v) is 8.49. The lowest BCUT2D eigenvalue weighted by Gasteiger charge is -2.10. The second kappa shape index (κ2) is 6.37. The predicted molar refractivity (Wildman–Crippen MR) is 50.7 cm³/mol. The number of carbonyl (C=O) groups excluding carboxylic acids is 1. The zero-order chi connectivity index (χ0) is 11.1. The molecule has 0 saturated carbocycles. The Kier molecular flexibility index (Phi) is 5.87. The van der Waals surface area contributed by atoms with Gasteiger partial charge in [0, 0.05) is 18.9 Å². The van der Waals surface area contributed by atoms with Gasteiger partial charge in [-0.05, 0) is 6.42 Å². The fourth-order valence-corrected chi connectivity index (χ4v) is 0.815. The Bertz CT molecular complexity index is 205. The summed E-state index contributed by atoms with van der Waals surface area (Å²) in [5.74, 6) is -1.44. The summed E-state index contributed by atoms with van der Waals surface area (Å²) in [6.45, 7) is 3.88. The molecule has 0 radical (unpaired) electrons. The minimum Gasteiger partial charge on any atom is -0.479 e. The van der Waals surface area contributed by atoms with Crippen molar-refractivity contribution in [2.24, 2.45) is 5.92 Å². The van der Waals surface area contributed by atoms with Crippen molar-refractivity contribution in [3.05, 3.63) is 0 Å². The Morgan fingerprint density at radius 1 is 1.43 bits per heavy atom. The molecule has 2 atom stereocenters. The van der Waals surface area contributed by atoms with Gasteiger partial charge in [0.15, 0.2) is 6.10 Å². The van der Waals surface area contributed by atoms with Crippen LogP contribution in [0.3, 0.4) is 0 Å². The highest BCUT2D eigenvalue weighted by atomic mass is 16.4. The Morgan fingerprint density at radius 3 is 2.43 bits per heavy atom. The maximum atomic E-state index is 11.2. The number of rotatable bonds is 6. The Hall–Kier alpha value is -1.10. The van der Waals surface area contributed by atoms with Gasteiger partial charge in [0.1, 0.15) is 0 Å². The fraction of sp³-hybridized carbons (Fsp3) is 0.778. The molecular formula is C9H17NO4. The smallest absolute Gasteiger partial charge is 0.332 e. The van der Waals surface area contributed by atoms with E-state index in [4.69, 9.17) is 10.2 Å². The molecule has 5 nitrogen and oxygen atoms in total. The van der Waals surface area contributed by atoms with E-state index in [1.807, 2.05) is 6.92 Å². The topological polar surface area (TPSA) is 86.6 Å². The van der Waals surface area contributed by atoms with Crippen LogP contribution in [0.1, 0.15) is 26.7 Å². The maximum Gasteiger partial charge on any atom is 0.332 e. The zero-order valence-electron chi connectivity index (χ0n) is 8.49. The predicted octanol–water partition coefficient (Wildman–Crippen LogP) is -0.0157. The highest BCUT2D eigenvalue weighted by Gasteiger charge is 2.14. The van der Waals surface area contributed by atoms with Gasteiger partial charge in [-0.1, -0.05) is 13.8 Å². The van der Waals surface area contributed by atoms with E-state index in [9.17, 15) is 9.59 Å². The summed E-state index contributed by atoms with van der Waals surface area (Å²) < 4.78 is 0. The van der Waals surface area contributed by atoms with Crippen molar-refractivity contribution in [2.45, 2.75) is 32.8 Å². The van der Waals surface area contributed by atoms with Crippen molar-refractivity contribution < 1.29 is 19.8 Å². The van der Waals surface area contributed by atoms with Gasteiger partial charge in [0.25, 0.3) is 0 Å². The third-order valence-electron chi connectivity index (χ3n) is 2.06. The highest BCUT2D eigenvalue weighted by Crippen LogP contribution is 1.99. The average molecular weight is 203 g/mol. The van der Waals surface area contributed by atoms with Gasteiger partial charge in [-0.25, -0.2) is 4.79 Å². The molecule has 0 aromatic carbocycles. The van der Waals surface area contributed by atoms with Crippen molar-refractivity contribution in [3.8, 4) is 0 Å². The Labute approximate surface area is 83.1 Å². The molecule has 0 bridgehead atoms. The van der Waals surface area contributed by atoms with Gasteiger partial charge in [-0.3, -0.25) is 4.79 Å². The van der Waals surface area contributed by atoms with E-state index >= 15 is 0 Å². The summed E-state index contributed by atoms with van der Waals surface area (Å²) >= 11 is 0. The van der Waals surface area contributed by atoms with Crippen molar-refractivity contribution in [3.63, 3.8) is 0 Å². The van der Waals surface area contributed by atoms with Crippen LogP contribution in [-0.2, 0) is 9.59 Å². The molecule has 2 unspecified atom stereocenters. The van der Waals surface area contributed by atoms with Crippen molar-refractivity contribution in [2.75, 3.05) is 6.54 Å². The summed E-state index contributed by atoms with van der Waals surface area (Å²) in [5, 5.41) is 19.8. The molecule has 0 aromatic heterocycles. The SMILES string of the molecule is CCC(C)C(=O)NCCC(O)C(=O)O. The third-order valence-corrected chi connectivity index (χ3v) is 2.06. The van der Waals surface area contributed by atoms with Crippen molar-refractivity contribution in [1.29, 1.82) is 0 Å². The second-order valence-corrected chi connectivity index (χ2v) is 3.24. The molecule has 82 valence electrons. The monoisotopic (exact) mass is 203 g/mol. The quantitative estimate of drug-likeness (QED) is 0.566. The van der Waals surface area contributed by atoms with Gasteiger partial charge in [0.2, 0.25) is 5.91 Å². The van der Waals surface area contributed by atoms with E-state index in [0.717, 1.165) is 6.42 Å². The fourth-order valence-electron chi connectivity index (χ4n) is 0.815. The van der Waals surface area contributed by atoms with Crippen molar-refractivity contribution >= 4 is 11.9 Å². The minimum atomic E-state index is -1.40. The molecule has 0 aliphatic rings. The van der Waals surface area contributed by atoms with Crippen LogP contribution in [0.25, 0.3) is 0 Å². The molecule has 0 fully saturated rings. The Morgan fingerprint density at radius 2 is 2.00 bits per heavy atom. The van der Waals surface area contributed by atoms with Gasteiger partial charge in [-0.15, -0.1) is 0 Å². The second-order valence-electron chi connectivity index (χ2n) is 3.24. The molecule has 0 saturated heterocycles. The summed E-state index contributed by atoms with van der Waals surface area (Å²) in [6.07, 6.45) is -0.614. The van der Waals surface area contributed by atoms with E-state index in [0.29, 0.717) is 0 Å². The first-order valence-electron chi connectivity index (χ1n) is 4.67. The lowest BCUT2D eigenvalue weighted by atomic mass is 10.1. The number of carbonyl (C=O) groups is 2. The molecule has 0 spiro atoms. The molecule has 0 aromatic rings. The summed E-state index contributed by atoms with van der Waals surface area (Å²) in [5.41, 5.74) is 0. The van der Waals surface area contributed by atoms with Crippen LogP contribution in [-0.4, -0.2) is 34.7 Å². The summed E-state index contributed by atoms with van der Waals surface area (Å²) in [4.78, 5) is 21.4. The number of hydrogen-bond donors (Lipinski definition) is 3. The van der Waals surface area contributed by atoms with Crippen LogP contribution in [0.2, 0.25) is 0 Å². The number of carboxylic acid groups (broad SMARTS) is 1. The van der Waals surface area contributed by atoms with Crippen LogP contribution in [0.5, 0.6) is 0 Å². The van der Waals surface area contributed by atoms with E-state index in [1.165, 1.54) is 0 Å². The Balaban J connectivity index is 3.64. The van der Waals surface area contributed by atoms with E-state index in [2.05, 4.69) is 5.32 Å². The molecule has 0 heterocycles. The standard InChI is InChI=1S/C9H17NO4/c1-3-6(2)8(12)10-5-4-7(11)9(13)14/h6-7,11H,3-5H2,1-2H3,(H,10,12)(H,13,14). The number of carboxylic acids is 1. The molecule has 14 heavy (non-hydrogen) atoms. The van der Waals surface area contributed by atoms with Crippen LogP contribution >= 0.6 is 0 Å². The van der Waals surface area contributed by atoms with E-state index < -0.39 is 12.1 Å². The minimum absolute atomic E-state index is 0.0392. The number of aliphatic hydroxyl groups is 1. The van der Waals surface area contributed by atoms with Gasteiger partial charge < -0.3 is 15.5 Å². The van der Waals surface area contributed by atoms with Crippen LogP contribution in [0, 0.1) is 5.92 Å². The van der Waals surface area contributed by atoms with E-state index in [1.54, 1.807) is 6.92 Å². The van der Waals surface area contributed by atoms with Gasteiger partial charge in [0.05, 0.1) is 0 Å². The third kappa shape index (κ3) is 4.81. The number of amides is 1. The highest BCUT2D eigenvalue weighted by molar-refractivity contribution is 5.78. The summed E-state index contributed by atoms with van der Waals surface area (Å²) in [6, 6.07) is 0. The first-order chi connectivity index (χ1) is 6.49. The number of hydrogen-bond acceptors (Lipinski definition) is 3. The van der Waals surface area contributed by atoms with E-state index in [-0.39, 0.29) is 24.8 Å². The lowest BCUT2D eigenvalue weighted by molar-refractivity contribution is -0.147. The van der Waals surface area contributed by atoms with Gasteiger partial charge in [-0.2, -0.15) is 0 Å². The molecule has 5 heteroatoms. The molecule has 0 aliphatic carbocycles. The molecule has 3 N–H and O–H groups in total. The molecule has 0 rings (SSSR count). The maximum absolute atomic E-state index is 11.2. The molecular weight excluding hydrogens is 186 g/mol. The number of aliphatic carboxylic acids is 1. The first kappa shape index (κ1) is 12.9. The number of aliphatic hydroxyl groups excluding tert-OH is 1. The number of nitrogens with one attached hydrogen (secondary N) is 1. The summed E-state index contributed by atoms with van der Waals surface area (Å²) in [7, 11) is 0. The van der Waals surface area contributed by atoms with Gasteiger partial charge >= 0.3 is 5.97 Å². The lowest BCUT2D eigenvalue weighted by Crippen LogP contribution is -2.33.